The van der Waals surface area contributed by atoms with Crippen molar-refractivity contribution in [1.82, 2.24) is 5.32 Å². The lowest BCUT2D eigenvalue weighted by molar-refractivity contribution is -0.121. The van der Waals surface area contributed by atoms with E-state index in [1.165, 1.54) is 4.88 Å². The Kier molecular flexibility index (Phi) is 5.77. The van der Waals surface area contributed by atoms with Crippen molar-refractivity contribution in [2.24, 2.45) is 0 Å². The van der Waals surface area contributed by atoms with E-state index in [1.807, 2.05) is 47.8 Å². The first-order valence-electron chi connectivity index (χ1n) is 6.78. The summed E-state index contributed by atoms with van der Waals surface area (Å²) in [6.45, 7) is 0.499. The minimum Gasteiger partial charge on any atom is -0.388 e. The van der Waals surface area contributed by atoms with Crippen LogP contribution in [0.25, 0.3) is 0 Å². The van der Waals surface area contributed by atoms with Gasteiger partial charge in [-0.15, -0.1) is 11.3 Å². The van der Waals surface area contributed by atoms with Gasteiger partial charge in [-0.2, -0.15) is 0 Å². The number of thiophene rings is 1. The summed E-state index contributed by atoms with van der Waals surface area (Å²) in [7, 11) is 0. The Morgan fingerprint density at radius 1 is 1.20 bits per heavy atom. The maximum Gasteiger partial charge on any atom is 0.220 e. The first-order chi connectivity index (χ1) is 9.75. The van der Waals surface area contributed by atoms with E-state index < -0.39 is 6.10 Å². The van der Waals surface area contributed by atoms with E-state index in [9.17, 15) is 9.90 Å². The average Bonchev–Trinajstić information content (AvgIpc) is 2.99. The maximum atomic E-state index is 11.7. The second-order valence-corrected chi connectivity index (χ2v) is 5.68. The highest BCUT2D eigenvalue weighted by atomic mass is 32.1. The number of aliphatic hydroxyl groups is 1. The lowest BCUT2D eigenvalue weighted by atomic mass is 10.1. The van der Waals surface area contributed by atoms with Crippen molar-refractivity contribution >= 4 is 17.2 Å². The molecule has 106 valence electrons. The smallest absolute Gasteiger partial charge is 0.220 e. The molecule has 1 unspecified atom stereocenters. The van der Waals surface area contributed by atoms with Crippen LogP contribution in [0.2, 0.25) is 0 Å². The summed E-state index contributed by atoms with van der Waals surface area (Å²) in [6, 6.07) is 13.5. The SMILES string of the molecule is O=C(CCc1cccs1)NCCC(O)c1ccccc1. The lowest BCUT2D eigenvalue weighted by Gasteiger charge is -2.11. The fourth-order valence-corrected chi connectivity index (χ4v) is 2.68. The number of aryl methyl sites for hydroxylation is 1. The number of rotatable bonds is 7. The normalized spacial score (nSPS) is 12.1. The molecule has 1 amide bonds. The molecule has 1 aromatic carbocycles. The van der Waals surface area contributed by atoms with Crippen LogP contribution in [-0.2, 0) is 11.2 Å². The number of carbonyl (C=O) groups is 1. The van der Waals surface area contributed by atoms with Crippen LogP contribution in [0.5, 0.6) is 0 Å². The van der Waals surface area contributed by atoms with E-state index in [2.05, 4.69) is 5.32 Å². The number of hydrogen-bond donors (Lipinski definition) is 2. The number of aliphatic hydroxyl groups excluding tert-OH is 1. The summed E-state index contributed by atoms with van der Waals surface area (Å²) in [5.74, 6) is 0.0404. The Hall–Kier alpha value is -1.65. The summed E-state index contributed by atoms with van der Waals surface area (Å²) in [5, 5.41) is 14.8. The van der Waals surface area contributed by atoms with E-state index in [-0.39, 0.29) is 5.91 Å². The molecular formula is C16H19NO2S. The molecule has 4 heteroatoms. The van der Waals surface area contributed by atoms with Gasteiger partial charge in [0, 0.05) is 17.8 Å². The highest BCUT2D eigenvalue weighted by Gasteiger charge is 2.08. The second kappa shape index (κ2) is 7.82. The van der Waals surface area contributed by atoms with Crippen LogP contribution in [0, 0.1) is 0 Å². The van der Waals surface area contributed by atoms with Gasteiger partial charge in [-0.25, -0.2) is 0 Å². The molecule has 0 saturated carbocycles. The molecule has 1 aromatic heterocycles. The fraction of sp³-hybridized carbons (Fsp3) is 0.312. The first kappa shape index (κ1) is 14.8. The van der Waals surface area contributed by atoms with E-state index in [4.69, 9.17) is 0 Å². The number of nitrogens with one attached hydrogen (secondary N) is 1. The zero-order valence-electron chi connectivity index (χ0n) is 11.3. The molecular weight excluding hydrogens is 270 g/mol. The van der Waals surface area contributed by atoms with Gasteiger partial charge in [-0.05, 0) is 29.9 Å². The Bertz CT molecular complexity index is 511. The Morgan fingerprint density at radius 2 is 2.00 bits per heavy atom. The molecule has 2 aromatic rings. The van der Waals surface area contributed by atoms with Gasteiger partial charge in [-0.1, -0.05) is 36.4 Å². The van der Waals surface area contributed by atoms with Gasteiger partial charge in [-0.3, -0.25) is 4.79 Å². The van der Waals surface area contributed by atoms with Crippen molar-refractivity contribution in [1.29, 1.82) is 0 Å². The summed E-state index contributed by atoms with van der Waals surface area (Å²) >= 11 is 1.67. The predicted molar refractivity (Wildman–Crippen MR) is 81.7 cm³/mol. The predicted octanol–water partition coefficient (Wildman–Crippen LogP) is 2.92. The monoisotopic (exact) mass is 289 g/mol. The number of amides is 1. The minimum absolute atomic E-state index is 0.0404. The molecule has 1 atom stereocenters. The van der Waals surface area contributed by atoms with Crippen LogP contribution in [0.3, 0.4) is 0 Å². The molecule has 0 bridgehead atoms. The van der Waals surface area contributed by atoms with E-state index in [1.54, 1.807) is 11.3 Å². The number of benzene rings is 1. The summed E-state index contributed by atoms with van der Waals surface area (Å²) < 4.78 is 0. The van der Waals surface area contributed by atoms with Gasteiger partial charge < -0.3 is 10.4 Å². The third kappa shape index (κ3) is 4.79. The highest BCUT2D eigenvalue weighted by Crippen LogP contribution is 2.15. The number of carbonyl (C=O) groups excluding carboxylic acids is 1. The van der Waals surface area contributed by atoms with Crippen LogP contribution in [-0.4, -0.2) is 17.6 Å². The van der Waals surface area contributed by atoms with Gasteiger partial charge in [0.25, 0.3) is 0 Å². The van der Waals surface area contributed by atoms with E-state index in [0.717, 1.165) is 12.0 Å². The molecule has 0 aliphatic heterocycles. The van der Waals surface area contributed by atoms with Crippen molar-refractivity contribution in [2.75, 3.05) is 6.54 Å². The highest BCUT2D eigenvalue weighted by molar-refractivity contribution is 7.09. The van der Waals surface area contributed by atoms with Gasteiger partial charge in [0.1, 0.15) is 0 Å². The molecule has 0 saturated heterocycles. The van der Waals surface area contributed by atoms with Crippen LogP contribution in [0.4, 0.5) is 0 Å². The Labute approximate surface area is 123 Å². The van der Waals surface area contributed by atoms with Crippen molar-refractivity contribution in [3.63, 3.8) is 0 Å². The molecule has 3 nitrogen and oxygen atoms in total. The lowest BCUT2D eigenvalue weighted by Crippen LogP contribution is -2.25. The molecule has 0 aliphatic carbocycles. The first-order valence-corrected chi connectivity index (χ1v) is 7.66. The van der Waals surface area contributed by atoms with Gasteiger partial charge in [0.2, 0.25) is 5.91 Å². The summed E-state index contributed by atoms with van der Waals surface area (Å²) in [5.41, 5.74) is 0.889. The van der Waals surface area contributed by atoms with Crippen LogP contribution >= 0.6 is 11.3 Å². The average molecular weight is 289 g/mol. The second-order valence-electron chi connectivity index (χ2n) is 4.64. The van der Waals surface area contributed by atoms with Gasteiger partial charge >= 0.3 is 0 Å². The Morgan fingerprint density at radius 3 is 2.70 bits per heavy atom. The Balaban J connectivity index is 1.64. The quantitative estimate of drug-likeness (QED) is 0.823. The van der Waals surface area contributed by atoms with E-state index in [0.29, 0.717) is 19.4 Å². The standard InChI is InChI=1S/C16H19NO2S/c18-15(13-5-2-1-3-6-13)10-11-17-16(19)9-8-14-7-4-12-20-14/h1-7,12,15,18H,8-11H2,(H,17,19). The van der Waals surface area contributed by atoms with Crippen LogP contribution < -0.4 is 5.32 Å². The maximum absolute atomic E-state index is 11.7. The van der Waals surface area contributed by atoms with Crippen molar-refractivity contribution in [2.45, 2.75) is 25.4 Å². The van der Waals surface area contributed by atoms with Gasteiger partial charge in [0.15, 0.2) is 0 Å². The van der Waals surface area contributed by atoms with Crippen molar-refractivity contribution in [3.05, 3.63) is 58.3 Å². The number of hydrogen-bond acceptors (Lipinski definition) is 3. The molecule has 1 heterocycles. The van der Waals surface area contributed by atoms with Crippen LogP contribution in [0.1, 0.15) is 29.4 Å². The summed E-state index contributed by atoms with van der Waals surface area (Å²) in [4.78, 5) is 12.9. The third-order valence-electron chi connectivity index (χ3n) is 3.10. The van der Waals surface area contributed by atoms with E-state index >= 15 is 0 Å². The minimum atomic E-state index is -0.520. The third-order valence-corrected chi connectivity index (χ3v) is 4.04. The molecule has 0 radical (unpaired) electrons. The molecule has 0 aliphatic rings. The molecule has 0 spiro atoms. The zero-order chi connectivity index (χ0) is 14.2. The van der Waals surface area contributed by atoms with Gasteiger partial charge in [0.05, 0.1) is 6.10 Å². The largest absolute Gasteiger partial charge is 0.388 e. The molecule has 20 heavy (non-hydrogen) atoms. The molecule has 2 rings (SSSR count). The molecule has 0 fully saturated rings. The zero-order valence-corrected chi connectivity index (χ0v) is 12.1. The topological polar surface area (TPSA) is 49.3 Å². The van der Waals surface area contributed by atoms with Crippen molar-refractivity contribution in [3.8, 4) is 0 Å². The summed E-state index contributed by atoms with van der Waals surface area (Å²) in [6.07, 6.45) is 1.30. The van der Waals surface area contributed by atoms with Crippen molar-refractivity contribution < 1.29 is 9.90 Å². The molecule has 2 N–H and O–H groups in total. The van der Waals surface area contributed by atoms with Crippen LogP contribution in [0.15, 0.2) is 47.8 Å². The fourth-order valence-electron chi connectivity index (χ4n) is 1.97.